The number of anilines is 4. The van der Waals surface area contributed by atoms with Crippen LogP contribution in [0.3, 0.4) is 0 Å². The average molecular weight is 318 g/mol. The molecule has 4 heteroatoms. The molecule has 3 rings (SSSR count). The van der Waals surface area contributed by atoms with Crippen LogP contribution in [0.2, 0.25) is 0 Å². The first kappa shape index (κ1) is 16.0. The molecule has 0 bridgehead atoms. The number of aryl methyl sites for hydroxylation is 3. The van der Waals surface area contributed by atoms with Gasteiger partial charge in [-0.05, 0) is 61.7 Å². The lowest BCUT2D eigenvalue weighted by atomic mass is 10.1. The molecule has 0 fully saturated rings. The summed E-state index contributed by atoms with van der Waals surface area (Å²) in [6.45, 7) is 6.33. The molecule has 4 nitrogen and oxygen atoms in total. The van der Waals surface area contributed by atoms with Gasteiger partial charge in [0, 0.05) is 24.6 Å². The average Bonchev–Trinajstić information content (AvgIpc) is 2.60. The van der Waals surface area contributed by atoms with Crippen LogP contribution in [0.15, 0.2) is 54.7 Å². The number of hydrogen-bond acceptors (Lipinski definition) is 4. The predicted molar refractivity (Wildman–Crippen MR) is 100 cm³/mol. The Hall–Kier alpha value is -2.88. The molecule has 0 saturated heterocycles. The van der Waals surface area contributed by atoms with Crippen LogP contribution in [0.25, 0.3) is 0 Å². The highest BCUT2D eigenvalue weighted by Crippen LogP contribution is 2.25. The molecule has 0 unspecified atom stereocenters. The SMILES string of the molecule is Cc1cc(C)c(Nc2nccc(N(C)c3ccccc3)n2)cc1C. The van der Waals surface area contributed by atoms with Crippen molar-refractivity contribution in [2.45, 2.75) is 20.8 Å². The Bertz CT molecular complexity index is 844. The summed E-state index contributed by atoms with van der Waals surface area (Å²) in [5, 5.41) is 3.34. The van der Waals surface area contributed by atoms with Crippen LogP contribution in [0.5, 0.6) is 0 Å². The molecule has 3 aromatic rings. The summed E-state index contributed by atoms with van der Waals surface area (Å²) in [6, 6.07) is 16.4. The van der Waals surface area contributed by atoms with E-state index in [1.807, 2.05) is 36.2 Å². The summed E-state index contributed by atoms with van der Waals surface area (Å²) >= 11 is 0. The van der Waals surface area contributed by atoms with Crippen molar-refractivity contribution in [2.75, 3.05) is 17.3 Å². The van der Waals surface area contributed by atoms with E-state index in [2.05, 4.69) is 60.3 Å². The second kappa shape index (κ2) is 6.71. The van der Waals surface area contributed by atoms with E-state index >= 15 is 0 Å². The molecule has 1 aromatic heterocycles. The molecular formula is C20H22N4. The van der Waals surface area contributed by atoms with Crippen molar-refractivity contribution in [3.8, 4) is 0 Å². The molecular weight excluding hydrogens is 296 g/mol. The summed E-state index contributed by atoms with van der Waals surface area (Å²) in [4.78, 5) is 11.0. The molecule has 122 valence electrons. The zero-order chi connectivity index (χ0) is 17.1. The van der Waals surface area contributed by atoms with Gasteiger partial charge in [0.25, 0.3) is 0 Å². The number of nitrogens with one attached hydrogen (secondary N) is 1. The third-order valence-corrected chi connectivity index (χ3v) is 4.22. The molecule has 0 aliphatic carbocycles. The fourth-order valence-corrected chi connectivity index (χ4v) is 2.60. The zero-order valence-electron chi connectivity index (χ0n) is 14.5. The van der Waals surface area contributed by atoms with Crippen molar-refractivity contribution in [1.29, 1.82) is 0 Å². The molecule has 0 spiro atoms. The van der Waals surface area contributed by atoms with Crippen molar-refractivity contribution in [2.24, 2.45) is 0 Å². The van der Waals surface area contributed by atoms with E-state index in [1.54, 1.807) is 6.20 Å². The molecule has 0 aliphatic rings. The Balaban J connectivity index is 1.87. The standard InChI is InChI=1S/C20H22N4/c1-14-12-16(3)18(13-15(14)2)22-20-21-11-10-19(23-20)24(4)17-8-6-5-7-9-17/h5-13H,1-4H3,(H,21,22,23). The Morgan fingerprint density at radius 3 is 2.33 bits per heavy atom. The maximum atomic E-state index is 4.64. The zero-order valence-corrected chi connectivity index (χ0v) is 14.5. The Morgan fingerprint density at radius 2 is 1.58 bits per heavy atom. The first-order chi connectivity index (χ1) is 11.5. The van der Waals surface area contributed by atoms with E-state index in [1.165, 1.54) is 16.7 Å². The lowest BCUT2D eigenvalue weighted by Crippen LogP contribution is -2.12. The van der Waals surface area contributed by atoms with Gasteiger partial charge in [-0.1, -0.05) is 24.3 Å². The number of nitrogens with zero attached hydrogens (tertiary/aromatic N) is 3. The van der Waals surface area contributed by atoms with Gasteiger partial charge in [0.1, 0.15) is 5.82 Å². The van der Waals surface area contributed by atoms with E-state index in [9.17, 15) is 0 Å². The van der Waals surface area contributed by atoms with Gasteiger partial charge in [-0.2, -0.15) is 4.98 Å². The molecule has 2 aromatic carbocycles. The van der Waals surface area contributed by atoms with Crippen LogP contribution < -0.4 is 10.2 Å². The second-order valence-electron chi connectivity index (χ2n) is 6.01. The van der Waals surface area contributed by atoms with Gasteiger partial charge in [-0.25, -0.2) is 4.98 Å². The largest absolute Gasteiger partial charge is 0.329 e. The minimum atomic E-state index is 0.599. The Morgan fingerprint density at radius 1 is 0.875 bits per heavy atom. The maximum absolute atomic E-state index is 4.64. The smallest absolute Gasteiger partial charge is 0.229 e. The second-order valence-corrected chi connectivity index (χ2v) is 6.01. The molecule has 1 N–H and O–H groups in total. The molecule has 0 aliphatic heterocycles. The van der Waals surface area contributed by atoms with Crippen LogP contribution in [0, 0.1) is 20.8 Å². The summed E-state index contributed by atoms with van der Waals surface area (Å²) in [6.07, 6.45) is 1.78. The molecule has 0 radical (unpaired) electrons. The lowest BCUT2D eigenvalue weighted by Gasteiger charge is -2.19. The predicted octanol–water partition coefficient (Wildman–Crippen LogP) is 4.91. The number of aromatic nitrogens is 2. The summed E-state index contributed by atoms with van der Waals surface area (Å²) in [5.41, 5.74) is 5.85. The van der Waals surface area contributed by atoms with Gasteiger partial charge in [-0.15, -0.1) is 0 Å². The number of rotatable bonds is 4. The van der Waals surface area contributed by atoms with E-state index in [0.717, 1.165) is 17.2 Å². The first-order valence-corrected chi connectivity index (χ1v) is 8.01. The molecule has 0 atom stereocenters. The van der Waals surface area contributed by atoms with Gasteiger partial charge in [0.05, 0.1) is 0 Å². The first-order valence-electron chi connectivity index (χ1n) is 8.01. The minimum absolute atomic E-state index is 0.599. The van der Waals surface area contributed by atoms with Crippen LogP contribution in [0.4, 0.5) is 23.1 Å². The van der Waals surface area contributed by atoms with Crippen LogP contribution in [-0.4, -0.2) is 17.0 Å². The van der Waals surface area contributed by atoms with Crippen molar-refractivity contribution in [1.82, 2.24) is 9.97 Å². The van der Waals surface area contributed by atoms with Gasteiger partial charge in [-0.3, -0.25) is 0 Å². The van der Waals surface area contributed by atoms with Crippen molar-refractivity contribution in [3.05, 3.63) is 71.4 Å². The fourth-order valence-electron chi connectivity index (χ4n) is 2.60. The van der Waals surface area contributed by atoms with Gasteiger partial charge in [0.2, 0.25) is 5.95 Å². The highest BCUT2D eigenvalue weighted by atomic mass is 15.2. The third kappa shape index (κ3) is 3.38. The number of para-hydroxylation sites is 1. The Labute approximate surface area is 143 Å². The van der Waals surface area contributed by atoms with Crippen molar-refractivity contribution < 1.29 is 0 Å². The van der Waals surface area contributed by atoms with Crippen LogP contribution in [0.1, 0.15) is 16.7 Å². The number of hydrogen-bond donors (Lipinski definition) is 1. The highest BCUT2D eigenvalue weighted by molar-refractivity contribution is 5.63. The van der Waals surface area contributed by atoms with E-state index < -0.39 is 0 Å². The third-order valence-electron chi connectivity index (χ3n) is 4.22. The highest BCUT2D eigenvalue weighted by Gasteiger charge is 2.08. The quantitative estimate of drug-likeness (QED) is 0.742. The summed E-state index contributed by atoms with van der Waals surface area (Å²) in [5.74, 6) is 1.45. The molecule has 0 amide bonds. The van der Waals surface area contributed by atoms with Crippen molar-refractivity contribution in [3.63, 3.8) is 0 Å². The van der Waals surface area contributed by atoms with Crippen LogP contribution >= 0.6 is 0 Å². The molecule has 0 saturated carbocycles. The summed E-state index contributed by atoms with van der Waals surface area (Å²) < 4.78 is 0. The molecule has 1 heterocycles. The normalized spacial score (nSPS) is 10.5. The van der Waals surface area contributed by atoms with E-state index in [0.29, 0.717) is 5.95 Å². The van der Waals surface area contributed by atoms with Gasteiger partial charge < -0.3 is 10.2 Å². The monoisotopic (exact) mass is 318 g/mol. The van der Waals surface area contributed by atoms with Gasteiger partial charge >= 0.3 is 0 Å². The number of benzene rings is 2. The fraction of sp³-hybridized carbons (Fsp3) is 0.200. The van der Waals surface area contributed by atoms with E-state index in [-0.39, 0.29) is 0 Å². The van der Waals surface area contributed by atoms with Crippen LogP contribution in [-0.2, 0) is 0 Å². The van der Waals surface area contributed by atoms with Crippen molar-refractivity contribution >= 4 is 23.1 Å². The summed E-state index contributed by atoms with van der Waals surface area (Å²) in [7, 11) is 2.00. The Kier molecular flexibility index (Phi) is 4.47. The lowest BCUT2D eigenvalue weighted by molar-refractivity contribution is 1.08. The van der Waals surface area contributed by atoms with E-state index in [4.69, 9.17) is 0 Å². The topological polar surface area (TPSA) is 41.1 Å². The minimum Gasteiger partial charge on any atom is -0.329 e. The maximum Gasteiger partial charge on any atom is 0.229 e. The van der Waals surface area contributed by atoms with Gasteiger partial charge in [0.15, 0.2) is 0 Å². The molecule has 24 heavy (non-hydrogen) atoms.